The summed E-state index contributed by atoms with van der Waals surface area (Å²) >= 11 is 0. The van der Waals surface area contributed by atoms with Crippen LogP contribution < -0.4 is 0 Å². The second kappa shape index (κ2) is 11.9. The van der Waals surface area contributed by atoms with Crippen molar-refractivity contribution in [1.82, 2.24) is 4.90 Å². The summed E-state index contributed by atoms with van der Waals surface area (Å²) in [6, 6.07) is 0.0737. The molecule has 0 aromatic rings. The van der Waals surface area contributed by atoms with Crippen LogP contribution in [0, 0.1) is 5.92 Å². The Kier molecular flexibility index (Phi) is 9.57. The van der Waals surface area contributed by atoms with Crippen LogP contribution in [0.5, 0.6) is 0 Å². The quantitative estimate of drug-likeness (QED) is 0.308. The first-order chi connectivity index (χ1) is 13.1. The van der Waals surface area contributed by atoms with Crippen molar-refractivity contribution in [3.05, 3.63) is 12.2 Å². The third kappa shape index (κ3) is 7.47. The van der Waals surface area contributed by atoms with Crippen molar-refractivity contribution in [3.8, 4) is 0 Å². The minimum atomic E-state index is -0.125. The van der Waals surface area contributed by atoms with Gasteiger partial charge < -0.3 is 9.64 Å². The molecule has 0 bridgehead atoms. The monoisotopic (exact) mass is 377 g/mol. The molecule has 1 aliphatic heterocycles. The van der Waals surface area contributed by atoms with E-state index in [9.17, 15) is 14.4 Å². The number of carbonyl (C=O) groups is 3. The Bertz CT molecular complexity index is 522. The Morgan fingerprint density at radius 2 is 1.81 bits per heavy atom. The predicted octanol–water partition coefficient (Wildman–Crippen LogP) is 4.20. The molecule has 1 saturated heterocycles. The van der Waals surface area contributed by atoms with E-state index in [0.717, 1.165) is 64.3 Å². The first-order valence-corrected chi connectivity index (χ1v) is 10.8. The lowest BCUT2D eigenvalue weighted by atomic mass is 9.86. The van der Waals surface area contributed by atoms with Gasteiger partial charge in [-0.05, 0) is 45.1 Å². The van der Waals surface area contributed by atoms with Gasteiger partial charge in [-0.2, -0.15) is 0 Å². The Hall–Kier alpha value is -1.65. The molecule has 27 heavy (non-hydrogen) atoms. The Morgan fingerprint density at radius 3 is 2.56 bits per heavy atom. The SMILES string of the molecule is CCOC(=O)CCCCCCN1C(=O)CCC1C=CC(=O)C1CCCCC1. The molecule has 152 valence electrons. The second-order valence-corrected chi connectivity index (χ2v) is 7.76. The lowest BCUT2D eigenvalue weighted by molar-refractivity contribution is -0.143. The van der Waals surface area contributed by atoms with Crippen molar-refractivity contribution in [1.29, 1.82) is 0 Å². The van der Waals surface area contributed by atoms with Gasteiger partial charge in [-0.25, -0.2) is 0 Å². The van der Waals surface area contributed by atoms with Crippen molar-refractivity contribution in [3.63, 3.8) is 0 Å². The molecule has 1 aliphatic carbocycles. The number of rotatable bonds is 11. The maximum absolute atomic E-state index is 12.3. The number of likely N-dealkylation sites (tertiary alicyclic amines) is 1. The number of nitrogens with zero attached hydrogens (tertiary/aromatic N) is 1. The van der Waals surface area contributed by atoms with Crippen LogP contribution in [-0.2, 0) is 19.1 Å². The fraction of sp³-hybridized carbons (Fsp3) is 0.773. The highest BCUT2D eigenvalue weighted by molar-refractivity contribution is 5.92. The summed E-state index contributed by atoms with van der Waals surface area (Å²) in [7, 11) is 0. The van der Waals surface area contributed by atoms with Gasteiger partial charge in [-0.3, -0.25) is 14.4 Å². The third-order valence-corrected chi connectivity index (χ3v) is 5.70. The van der Waals surface area contributed by atoms with E-state index in [0.29, 0.717) is 19.4 Å². The molecule has 0 aromatic heterocycles. The molecule has 0 aromatic carbocycles. The molecule has 1 heterocycles. The molecule has 0 radical (unpaired) electrons. The zero-order chi connectivity index (χ0) is 19.5. The molecule has 2 rings (SSSR count). The summed E-state index contributed by atoms with van der Waals surface area (Å²) < 4.78 is 4.92. The minimum Gasteiger partial charge on any atom is -0.466 e. The van der Waals surface area contributed by atoms with Crippen LogP contribution in [-0.4, -0.2) is 41.8 Å². The van der Waals surface area contributed by atoms with Crippen molar-refractivity contribution in [2.24, 2.45) is 5.92 Å². The van der Waals surface area contributed by atoms with Gasteiger partial charge in [0, 0.05) is 25.3 Å². The number of ether oxygens (including phenoxy) is 1. The second-order valence-electron chi connectivity index (χ2n) is 7.76. The zero-order valence-corrected chi connectivity index (χ0v) is 16.8. The van der Waals surface area contributed by atoms with Gasteiger partial charge in [0.1, 0.15) is 0 Å². The number of amides is 1. The van der Waals surface area contributed by atoms with Crippen LogP contribution in [0.3, 0.4) is 0 Å². The summed E-state index contributed by atoms with van der Waals surface area (Å²) in [5, 5.41) is 0. The number of esters is 1. The molecular weight excluding hydrogens is 342 g/mol. The van der Waals surface area contributed by atoms with Gasteiger partial charge >= 0.3 is 5.97 Å². The number of hydrogen-bond donors (Lipinski definition) is 0. The highest BCUT2D eigenvalue weighted by Gasteiger charge is 2.29. The molecule has 0 N–H and O–H groups in total. The van der Waals surface area contributed by atoms with Gasteiger partial charge in [0.25, 0.3) is 0 Å². The molecule has 1 atom stereocenters. The zero-order valence-electron chi connectivity index (χ0n) is 16.8. The first-order valence-electron chi connectivity index (χ1n) is 10.8. The Balaban J connectivity index is 1.68. The van der Waals surface area contributed by atoms with Crippen LogP contribution in [0.4, 0.5) is 0 Å². The fourth-order valence-electron chi connectivity index (χ4n) is 4.11. The van der Waals surface area contributed by atoms with Crippen LogP contribution in [0.1, 0.15) is 84.0 Å². The van der Waals surface area contributed by atoms with Crippen molar-refractivity contribution in [2.45, 2.75) is 90.0 Å². The van der Waals surface area contributed by atoms with E-state index in [1.54, 1.807) is 6.08 Å². The molecule has 1 unspecified atom stereocenters. The largest absolute Gasteiger partial charge is 0.466 e. The minimum absolute atomic E-state index is 0.0737. The molecular formula is C22H35NO4. The predicted molar refractivity (Wildman–Crippen MR) is 105 cm³/mol. The number of carbonyl (C=O) groups excluding carboxylic acids is 3. The Labute approximate surface area is 163 Å². The number of hydrogen-bond acceptors (Lipinski definition) is 4. The topological polar surface area (TPSA) is 63.7 Å². The third-order valence-electron chi connectivity index (χ3n) is 5.70. The maximum Gasteiger partial charge on any atom is 0.305 e. The molecule has 1 amide bonds. The van der Waals surface area contributed by atoms with Gasteiger partial charge in [-0.15, -0.1) is 0 Å². The highest BCUT2D eigenvalue weighted by Crippen LogP contribution is 2.26. The van der Waals surface area contributed by atoms with Crippen molar-refractivity contribution in [2.75, 3.05) is 13.2 Å². The average Bonchev–Trinajstić information content (AvgIpc) is 3.03. The van der Waals surface area contributed by atoms with Crippen LogP contribution in [0.2, 0.25) is 0 Å². The molecule has 5 nitrogen and oxygen atoms in total. The van der Waals surface area contributed by atoms with Crippen molar-refractivity contribution < 1.29 is 19.1 Å². The van der Waals surface area contributed by atoms with Crippen LogP contribution >= 0.6 is 0 Å². The lowest BCUT2D eigenvalue weighted by Gasteiger charge is -2.23. The maximum atomic E-state index is 12.3. The summed E-state index contributed by atoms with van der Waals surface area (Å²) in [6.45, 7) is 3.00. The van der Waals surface area contributed by atoms with Gasteiger partial charge in [0.05, 0.1) is 12.6 Å². The van der Waals surface area contributed by atoms with Crippen LogP contribution in [0.25, 0.3) is 0 Å². The fourth-order valence-corrected chi connectivity index (χ4v) is 4.11. The Morgan fingerprint density at radius 1 is 1.07 bits per heavy atom. The van der Waals surface area contributed by atoms with E-state index < -0.39 is 0 Å². The van der Waals surface area contributed by atoms with Crippen LogP contribution in [0.15, 0.2) is 12.2 Å². The normalized spacial score (nSPS) is 21.1. The standard InChI is InChI=1S/C22H35NO4/c1-2-27-22(26)12-8-3-4-9-17-23-19(14-16-21(23)25)13-15-20(24)18-10-6-5-7-11-18/h13,15,18-19H,2-12,14,16-17H2,1H3. The lowest BCUT2D eigenvalue weighted by Crippen LogP contribution is -2.32. The van der Waals surface area contributed by atoms with E-state index in [-0.39, 0.29) is 29.6 Å². The van der Waals surface area contributed by atoms with E-state index in [4.69, 9.17) is 4.74 Å². The number of allylic oxidation sites excluding steroid dienone is 1. The molecule has 1 saturated carbocycles. The summed E-state index contributed by atoms with van der Waals surface area (Å²) in [4.78, 5) is 37.7. The van der Waals surface area contributed by atoms with Crippen molar-refractivity contribution >= 4 is 17.7 Å². The molecule has 2 aliphatic rings. The number of unbranched alkanes of at least 4 members (excludes halogenated alkanes) is 3. The summed E-state index contributed by atoms with van der Waals surface area (Å²) in [6.07, 6.45) is 14.9. The van der Waals surface area contributed by atoms with E-state index in [1.807, 2.05) is 17.9 Å². The highest BCUT2D eigenvalue weighted by atomic mass is 16.5. The summed E-state index contributed by atoms with van der Waals surface area (Å²) in [5.74, 6) is 0.509. The molecule has 2 fully saturated rings. The van der Waals surface area contributed by atoms with Gasteiger partial charge in [0.15, 0.2) is 5.78 Å². The van der Waals surface area contributed by atoms with Gasteiger partial charge in [0.2, 0.25) is 5.91 Å². The summed E-state index contributed by atoms with van der Waals surface area (Å²) in [5.41, 5.74) is 0. The van der Waals surface area contributed by atoms with E-state index in [1.165, 1.54) is 6.42 Å². The molecule has 5 heteroatoms. The van der Waals surface area contributed by atoms with Gasteiger partial charge in [-0.1, -0.05) is 38.2 Å². The van der Waals surface area contributed by atoms with E-state index >= 15 is 0 Å². The van der Waals surface area contributed by atoms with E-state index in [2.05, 4.69) is 0 Å². The molecule has 0 spiro atoms. The number of ketones is 1. The average molecular weight is 378 g/mol. The first kappa shape index (κ1) is 21.6. The smallest absolute Gasteiger partial charge is 0.305 e.